The summed E-state index contributed by atoms with van der Waals surface area (Å²) in [6.45, 7) is 4.18. The number of benzene rings is 2. The van der Waals surface area contributed by atoms with Gasteiger partial charge in [0, 0.05) is 5.54 Å². The van der Waals surface area contributed by atoms with Crippen molar-refractivity contribution in [2.75, 3.05) is 0 Å². The molecule has 0 aromatic heterocycles. The van der Waals surface area contributed by atoms with Gasteiger partial charge in [0.1, 0.15) is 0 Å². The highest BCUT2D eigenvalue weighted by Crippen LogP contribution is 2.20. The second-order valence-electron chi connectivity index (χ2n) is 5.91. The van der Waals surface area contributed by atoms with Gasteiger partial charge < -0.3 is 5.73 Å². The minimum absolute atomic E-state index is 0.0516. The average Bonchev–Trinajstić information content (AvgIpc) is 2.39. The van der Waals surface area contributed by atoms with Crippen LogP contribution < -0.4 is 5.73 Å². The summed E-state index contributed by atoms with van der Waals surface area (Å²) >= 11 is 0. The van der Waals surface area contributed by atoms with Gasteiger partial charge in [0.15, 0.2) is 0 Å². The van der Waals surface area contributed by atoms with Gasteiger partial charge in [-0.25, -0.2) is 0 Å². The molecule has 0 radical (unpaired) electrons. The topological polar surface area (TPSA) is 26.0 Å². The van der Waals surface area contributed by atoms with Crippen LogP contribution in [0.5, 0.6) is 0 Å². The van der Waals surface area contributed by atoms with Crippen molar-refractivity contribution in [3.8, 4) is 11.1 Å². The smallest absolute Gasteiger partial charge is 0.00971 e. The second kappa shape index (κ2) is 6.03. The lowest BCUT2D eigenvalue weighted by molar-refractivity contribution is 0.459. The first-order valence-electron chi connectivity index (χ1n) is 6.98. The minimum Gasteiger partial charge on any atom is -0.326 e. The van der Waals surface area contributed by atoms with Crippen LogP contribution in [-0.2, 0) is 6.42 Å². The number of aryl methyl sites for hydroxylation is 1. The zero-order valence-corrected chi connectivity index (χ0v) is 11.9. The van der Waals surface area contributed by atoms with Crippen LogP contribution in [0.15, 0.2) is 54.6 Å². The Morgan fingerprint density at radius 2 is 1.42 bits per heavy atom. The summed E-state index contributed by atoms with van der Waals surface area (Å²) in [5.74, 6) is 0. The largest absolute Gasteiger partial charge is 0.326 e. The van der Waals surface area contributed by atoms with Gasteiger partial charge in [-0.2, -0.15) is 0 Å². The first-order valence-corrected chi connectivity index (χ1v) is 6.98. The Bertz CT molecular complexity index is 491. The van der Waals surface area contributed by atoms with Crippen molar-refractivity contribution in [1.29, 1.82) is 0 Å². The molecule has 2 aromatic carbocycles. The molecule has 0 unspecified atom stereocenters. The molecule has 0 aliphatic rings. The third-order valence-electron chi connectivity index (χ3n) is 3.35. The van der Waals surface area contributed by atoms with Crippen LogP contribution in [0.1, 0.15) is 32.3 Å². The van der Waals surface area contributed by atoms with E-state index in [-0.39, 0.29) is 5.54 Å². The van der Waals surface area contributed by atoms with Gasteiger partial charge in [-0.3, -0.25) is 0 Å². The normalized spacial score (nSPS) is 11.5. The van der Waals surface area contributed by atoms with E-state index in [0.29, 0.717) is 0 Å². The molecule has 19 heavy (non-hydrogen) atoms. The zero-order valence-electron chi connectivity index (χ0n) is 11.9. The number of rotatable bonds is 5. The lowest BCUT2D eigenvalue weighted by Gasteiger charge is -2.17. The van der Waals surface area contributed by atoms with Crippen LogP contribution in [0.3, 0.4) is 0 Å². The van der Waals surface area contributed by atoms with Crippen molar-refractivity contribution in [2.24, 2.45) is 5.73 Å². The first kappa shape index (κ1) is 13.8. The molecule has 2 aromatic rings. The Labute approximate surface area is 116 Å². The van der Waals surface area contributed by atoms with Crippen LogP contribution >= 0.6 is 0 Å². The van der Waals surface area contributed by atoms with Gasteiger partial charge in [0.05, 0.1) is 0 Å². The lowest BCUT2D eigenvalue weighted by atomic mass is 9.96. The maximum atomic E-state index is 6.00. The van der Waals surface area contributed by atoms with Crippen LogP contribution in [0.4, 0.5) is 0 Å². The summed E-state index contributed by atoms with van der Waals surface area (Å²) in [6.07, 6.45) is 3.32. The third kappa shape index (κ3) is 4.53. The Morgan fingerprint density at radius 3 is 2.00 bits per heavy atom. The third-order valence-corrected chi connectivity index (χ3v) is 3.35. The van der Waals surface area contributed by atoms with Crippen molar-refractivity contribution >= 4 is 0 Å². The molecule has 2 N–H and O–H groups in total. The maximum absolute atomic E-state index is 6.00. The molecule has 2 rings (SSSR count). The second-order valence-corrected chi connectivity index (χ2v) is 5.91. The van der Waals surface area contributed by atoms with Gasteiger partial charge in [-0.05, 0) is 49.8 Å². The minimum atomic E-state index is -0.0516. The zero-order chi connectivity index (χ0) is 13.7. The lowest BCUT2D eigenvalue weighted by Crippen LogP contribution is -2.31. The molecule has 1 nitrogen and oxygen atoms in total. The van der Waals surface area contributed by atoms with Crippen molar-refractivity contribution in [1.82, 2.24) is 0 Å². The van der Waals surface area contributed by atoms with Crippen LogP contribution in [0, 0.1) is 0 Å². The standard InChI is InChI=1S/C18H23N/c1-18(2,19)14-6-7-15-10-12-17(13-11-15)16-8-4-3-5-9-16/h3-5,8-13H,6-7,14,19H2,1-2H3. The number of hydrogen-bond acceptors (Lipinski definition) is 1. The van der Waals surface area contributed by atoms with Crippen LogP contribution in [-0.4, -0.2) is 5.54 Å². The summed E-state index contributed by atoms with van der Waals surface area (Å²) in [7, 11) is 0. The predicted molar refractivity (Wildman–Crippen MR) is 83.1 cm³/mol. The summed E-state index contributed by atoms with van der Waals surface area (Å²) in [5, 5.41) is 0. The Morgan fingerprint density at radius 1 is 0.842 bits per heavy atom. The fourth-order valence-electron chi connectivity index (χ4n) is 2.24. The molecule has 0 heterocycles. The van der Waals surface area contributed by atoms with Gasteiger partial charge >= 0.3 is 0 Å². The average molecular weight is 253 g/mol. The molecule has 0 aliphatic heterocycles. The fraction of sp³-hybridized carbons (Fsp3) is 0.333. The molecule has 0 bridgehead atoms. The monoisotopic (exact) mass is 253 g/mol. The van der Waals surface area contributed by atoms with Gasteiger partial charge in [-0.15, -0.1) is 0 Å². The molecule has 0 spiro atoms. The van der Waals surface area contributed by atoms with Crippen molar-refractivity contribution in [3.63, 3.8) is 0 Å². The van der Waals surface area contributed by atoms with E-state index in [1.165, 1.54) is 16.7 Å². The van der Waals surface area contributed by atoms with Crippen molar-refractivity contribution in [2.45, 2.75) is 38.6 Å². The highest BCUT2D eigenvalue weighted by Gasteiger charge is 2.09. The van der Waals surface area contributed by atoms with Crippen LogP contribution in [0.25, 0.3) is 11.1 Å². The molecule has 0 aliphatic carbocycles. The molecular weight excluding hydrogens is 230 g/mol. The van der Waals surface area contributed by atoms with E-state index in [2.05, 4.69) is 62.4 Å². The summed E-state index contributed by atoms with van der Waals surface area (Å²) in [6, 6.07) is 19.4. The Kier molecular flexibility index (Phi) is 4.39. The SMILES string of the molecule is CC(C)(N)CCCc1ccc(-c2ccccc2)cc1. The molecule has 100 valence electrons. The van der Waals surface area contributed by atoms with E-state index >= 15 is 0 Å². The molecule has 0 saturated heterocycles. The molecule has 0 saturated carbocycles. The summed E-state index contributed by atoms with van der Waals surface area (Å²) < 4.78 is 0. The molecule has 0 fully saturated rings. The highest BCUT2D eigenvalue weighted by atomic mass is 14.7. The fourth-order valence-corrected chi connectivity index (χ4v) is 2.24. The van der Waals surface area contributed by atoms with Gasteiger partial charge in [0.2, 0.25) is 0 Å². The number of hydrogen-bond donors (Lipinski definition) is 1. The highest BCUT2D eigenvalue weighted by molar-refractivity contribution is 5.63. The number of nitrogens with two attached hydrogens (primary N) is 1. The van der Waals surface area contributed by atoms with Gasteiger partial charge in [0.25, 0.3) is 0 Å². The van der Waals surface area contributed by atoms with Gasteiger partial charge in [-0.1, -0.05) is 54.6 Å². The Hall–Kier alpha value is -1.60. The van der Waals surface area contributed by atoms with E-state index < -0.39 is 0 Å². The maximum Gasteiger partial charge on any atom is 0.00971 e. The van der Waals surface area contributed by atoms with E-state index in [1.54, 1.807) is 0 Å². The summed E-state index contributed by atoms with van der Waals surface area (Å²) in [4.78, 5) is 0. The molecular formula is C18H23N. The van der Waals surface area contributed by atoms with Crippen molar-refractivity contribution < 1.29 is 0 Å². The van der Waals surface area contributed by atoms with E-state index in [4.69, 9.17) is 5.73 Å². The van der Waals surface area contributed by atoms with E-state index in [1.807, 2.05) is 6.07 Å². The quantitative estimate of drug-likeness (QED) is 0.839. The predicted octanol–water partition coefficient (Wildman–Crippen LogP) is 4.41. The van der Waals surface area contributed by atoms with Crippen molar-refractivity contribution in [3.05, 3.63) is 60.2 Å². The van der Waals surface area contributed by atoms with E-state index in [0.717, 1.165) is 19.3 Å². The summed E-state index contributed by atoms with van der Waals surface area (Å²) in [5.41, 5.74) is 9.90. The van der Waals surface area contributed by atoms with Crippen LogP contribution in [0.2, 0.25) is 0 Å². The molecule has 0 atom stereocenters. The van der Waals surface area contributed by atoms with E-state index in [9.17, 15) is 0 Å². The Balaban J connectivity index is 1.96. The molecule has 1 heteroatoms. The first-order chi connectivity index (χ1) is 9.04. The molecule has 0 amide bonds.